The summed E-state index contributed by atoms with van der Waals surface area (Å²) in [5.41, 5.74) is 0.801. The summed E-state index contributed by atoms with van der Waals surface area (Å²) in [6.07, 6.45) is 6.61. The molecule has 2 aromatic rings. The Kier molecular flexibility index (Phi) is 3.68. The third-order valence-corrected chi connectivity index (χ3v) is 3.50. The normalized spacial score (nSPS) is 15.4. The van der Waals surface area contributed by atoms with Crippen molar-refractivity contribution < 1.29 is 14.3 Å². The van der Waals surface area contributed by atoms with Gasteiger partial charge in [0.1, 0.15) is 17.0 Å². The molecule has 2 heterocycles. The van der Waals surface area contributed by atoms with Gasteiger partial charge in [-0.3, -0.25) is 5.32 Å². The molecule has 1 amide bonds. The van der Waals surface area contributed by atoms with Gasteiger partial charge in [0.15, 0.2) is 0 Å². The fourth-order valence-corrected chi connectivity index (χ4v) is 2.25. The maximum atomic E-state index is 11.9. The summed E-state index contributed by atoms with van der Waals surface area (Å²) < 4.78 is 11.1. The van der Waals surface area contributed by atoms with Crippen LogP contribution in [0.2, 0.25) is 0 Å². The summed E-state index contributed by atoms with van der Waals surface area (Å²) in [5.74, 6) is 0.726. The predicted octanol–water partition coefficient (Wildman–Crippen LogP) is 3.84. The van der Waals surface area contributed by atoms with Crippen LogP contribution in [-0.2, 0) is 4.74 Å². The van der Waals surface area contributed by atoms with E-state index in [0.29, 0.717) is 17.4 Å². The monoisotopic (exact) mass is 303 g/mol. The lowest BCUT2D eigenvalue weighted by molar-refractivity contribution is 0.0636. The zero-order valence-corrected chi connectivity index (χ0v) is 13.1. The van der Waals surface area contributed by atoms with E-state index in [0.717, 1.165) is 24.0 Å². The fraction of sp³-hybridized carbons (Fsp3) is 0.500. The third kappa shape index (κ3) is 3.32. The second kappa shape index (κ2) is 5.51. The first-order valence-electron chi connectivity index (χ1n) is 7.54. The van der Waals surface area contributed by atoms with Crippen molar-refractivity contribution in [2.45, 2.75) is 51.7 Å². The summed E-state index contributed by atoms with van der Waals surface area (Å²) in [4.78, 5) is 19.2. The highest BCUT2D eigenvalue weighted by Crippen LogP contribution is 2.29. The van der Waals surface area contributed by atoms with Crippen LogP contribution in [0.5, 0.6) is 5.75 Å². The van der Waals surface area contributed by atoms with Crippen LogP contribution < -0.4 is 10.1 Å². The fourth-order valence-electron chi connectivity index (χ4n) is 2.25. The molecule has 0 atom stereocenters. The smallest absolute Gasteiger partial charge is 0.412 e. The summed E-state index contributed by atoms with van der Waals surface area (Å²) in [6.45, 7) is 5.48. The Morgan fingerprint density at radius 2 is 2.18 bits per heavy atom. The van der Waals surface area contributed by atoms with E-state index in [4.69, 9.17) is 9.47 Å². The number of nitrogens with one attached hydrogen (secondary N) is 2. The molecular weight excluding hydrogens is 282 g/mol. The van der Waals surface area contributed by atoms with E-state index in [1.807, 2.05) is 26.8 Å². The quantitative estimate of drug-likeness (QED) is 0.903. The van der Waals surface area contributed by atoms with E-state index in [-0.39, 0.29) is 0 Å². The van der Waals surface area contributed by atoms with E-state index in [1.54, 1.807) is 12.4 Å². The standard InChI is InChI=1S/C16H21N3O3/c1-16(2,3)22-15(20)19-13-9-18-14-12(13)7-11(8-17-14)21-10-5-4-6-10/h7-10H,4-6H2,1-3H3,(H,17,18)(H,19,20). The van der Waals surface area contributed by atoms with Crippen molar-refractivity contribution in [1.82, 2.24) is 9.97 Å². The van der Waals surface area contributed by atoms with Crippen molar-refractivity contribution in [3.8, 4) is 5.75 Å². The first-order valence-corrected chi connectivity index (χ1v) is 7.54. The first-order chi connectivity index (χ1) is 10.4. The molecular formula is C16H21N3O3. The molecule has 1 fully saturated rings. The molecule has 1 aliphatic carbocycles. The van der Waals surface area contributed by atoms with Crippen LogP contribution in [-0.4, -0.2) is 27.8 Å². The van der Waals surface area contributed by atoms with Gasteiger partial charge >= 0.3 is 6.09 Å². The molecule has 1 aliphatic rings. The zero-order chi connectivity index (χ0) is 15.7. The summed E-state index contributed by atoms with van der Waals surface area (Å²) in [7, 11) is 0. The molecule has 3 rings (SSSR count). The van der Waals surface area contributed by atoms with E-state index >= 15 is 0 Å². The zero-order valence-electron chi connectivity index (χ0n) is 13.1. The number of hydrogen-bond acceptors (Lipinski definition) is 4. The Morgan fingerprint density at radius 3 is 2.82 bits per heavy atom. The Morgan fingerprint density at radius 1 is 1.41 bits per heavy atom. The molecule has 22 heavy (non-hydrogen) atoms. The van der Waals surface area contributed by atoms with Gasteiger partial charge in [0.25, 0.3) is 0 Å². The summed E-state index contributed by atoms with van der Waals surface area (Å²) >= 11 is 0. The van der Waals surface area contributed by atoms with Crippen LogP contribution in [0.3, 0.4) is 0 Å². The number of amides is 1. The van der Waals surface area contributed by atoms with Crippen molar-refractivity contribution >= 4 is 22.8 Å². The summed E-state index contributed by atoms with van der Waals surface area (Å²) in [6, 6.07) is 1.89. The lowest BCUT2D eigenvalue weighted by Crippen LogP contribution is -2.27. The lowest BCUT2D eigenvalue weighted by Gasteiger charge is -2.26. The van der Waals surface area contributed by atoms with Crippen LogP contribution in [0.4, 0.5) is 10.5 Å². The van der Waals surface area contributed by atoms with E-state index in [1.165, 1.54) is 6.42 Å². The van der Waals surface area contributed by atoms with E-state index in [9.17, 15) is 4.79 Å². The van der Waals surface area contributed by atoms with Gasteiger partial charge in [0.05, 0.1) is 18.0 Å². The van der Waals surface area contributed by atoms with Crippen molar-refractivity contribution in [2.24, 2.45) is 0 Å². The van der Waals surface area contributed by atoms with Crippen molar-refractivity contribution in [1.29, 1.82) is 0 Å². The molecule has 2 aromatic heterocycles. The van der Waals surface area contributed by atoms with Crippen LogP contribution in [0.1, 0.15) is 40.0 Å². The highest BCUT2D eigenvalue weighted by atomic mass is 16.6. The Labute approximate surface area is 129 Å². The Hall–Kier alpha value is -2.24. The SMILES string of the molecule is CC(C)(C)OC(=O)Nc1c[nH]c2ncc(OC3CCC3)cc12. The predicted molar refractivity (Wildman–Crippen MR) is 84.2 cm³/mol. The molecule has 0 radical (unpaired) electrons. The van der Waals surface area contributed by atoms with Gasteiger partial charge in [0, 0.05) is 11.6 Å². The van der Waals surface area contributed by atoms with Gasteiger partial charge in [-0.1, -0.05) is 0 Å². The van der Waals surface area contributed by atoms with Gasteiger partial charge in [0.2, 0.25) is 0 Å². The lowest BCUT2D eigenvalue weighted by atomic mass is 9.96. The maximum Gasteiger partial charge on any atom is 0.412 e. The van der Waals surface area contributed by atoms with Gasteiger partial charge in [-0.05, 0) is 46.1 Å². The minimum Gasteiger partial charge on any atom is -0.489 e. The largest absolute Gasteiger partial charge is 0.489 e. The second-order valence-corrected chi connectivity index (χ2v) is 6.57. The van der Waals surface area contributed by atoms with Crippen molar-refractivity contribution in [2.75, 3.05) is 5.32 Å². The molecule has 1 saturated carbocycles. The molecule has 6 heteroatoms. The number of ether oxygens (including phenoxy) is 2. The first kappa shape index (κ1) is 14.7. The average molecular weight is 303 g/mol. The van der Waals surface area contributed by atoms with Gasteiger partial charge in [-0.15, -0.1) is 0 Å². The number of fused-ring (bicyclic) bond motifs is 1. The van der Waals surface area contributed by atoms with Crippen LogP contribution in [0.25, 0.3) is 11.0 Å². The van der Waals surface area contributed by atoms with Crippen LogP contribution in [0.15, 0.2) is 18.5 Å². The van der Waals surface area contributed by atoms with Gasteiger partial charge < -0.3 is 14.5 Å². The van der Waals surface area contributed by atoms with E-state index < -0.39 is 11.7 Å². The van der Waals surface area contributed by atoms with Crippen molar-refractivity contribution in [3.63, 3.8) is 0 Å². The number of hydrogen-bond donors (Lipinski definition) is 2. The number of pyridine rings is 1. The minimum atomic E-state index is -0.535. The van der Waals surface area contributed by atoms with E-state index in [2.05, 4.69) is 15.3 Å². The molecule has 0 aromatic carbocycles. The van der Waals surface area contributed by atoms with Crippen LogP contribution >= 0.6 is 0 Å². The second-order valence-electron chi connectivity index (χ2n) is 6.57. The number of carbonyl (C=O) groups excluding carboxylic acids is 1. The number of aromatic nitrogens is 2. The molecule has 0 aliphatic heterocycles. The maximum absolute atomic E-state index is 11.9. The number of rotatable bonds is 3. The molecule has 0 spiro atoms. The van der Waals surface area contributed by atoms with Crippen molar-refractivity contribution in [3.05, 3.63) is 18.5 Å². The number of nitrogens with zero attached hydrogens (tertiary/aromatic N) is 1. The number of carbonyl (C=O) groups is 1. The highest BCUT2D eigenvalue weighted by molar-refractivity contribution is 5.98. The molecule has 0 saturated heterocycles. The molecule has 2 N–H and O–H groups in total. The van der Waals surface area contributed by atoms with Gasteiger partial charge in [-0.25, -0.2) is 9.78 Å². The molecule has 118 valence electrons. The Balaban J connectivity index is 1.77. The number of anilines is 1. The molecule has 0 unspecified atom stereocenters. The summed E-state index contributed by atoms with van der Waals surface area (Å²) in [5, 5.41) is 3.55. The minimum absolute atomic E-state index is 0.292. The number of aromatic amines is 1. The third-order valence-electron chi connectivity index (χ3n) is 3.50. The average Bonchev–Trinajstić information content (AvgIpc) is 2.74. The van der Waals surface area contributed by atoms with Crippen LogP contribution in [0, 0.1) is 0 Å². The topological polar surface area (TPSA) is 76.2 Å². The Bertz CT molecular complexity index is 683. The van der Waals surface area contributed by atoms with Gasteiger partial charge in [-0.2, -0.15) is 0 Å². The molecule has 0 bridgehead atoms. The molecule has 6 nitrogen and oxygen atoms in total. The highest BCUT2D eigenvalue weighted by Gasteiger charge is 2.20. The number of H-pyrrole nitrogens is 1.